The number of nitrogens with zero attached hydrogens (tertiary/aromatic N) is 3. The van der Waals surface area contributed by atoms with Gasteiger partial charge < -0.3 is 19.9 Å². The molecule has 1 saturated heterocycles. The van der Waals surface area contributed by atoms with E-state index in [-0.39, 0.29) is 18.7 Å². The lowest BCUT2D eigenvalue weighted by atomic mass is 9.97. The van der Waals surface area contributed by atoms with Crippen molar-refractivity contribution in [1.29, 1.82) is 0 Å². The van der Waals surface area contributed by atoms with E-state index in [2.05, 4.69) is 79.9 Å². The average molecular weight is 471 g/mol. The fraction of sp³-hybridized carbons (Fsp3) is 0.273. The molecule has 150 valence electrons. The van der Waals surface area contributed by atoms with Gasteiger partial charge in [0.15, 0.2) is 5.11 Å². The molecule has 5 nitrogen and oxygen atoms in total. The van der Waals surface area contributed by atoms with E-state index in [1.165, 1.54) is 5.56 Å². The first-order valence-electron chi connectivity index (χ1n) is 9.55. The molecule has 4 rings (SSSR count). The van der Waals surface area contributed by atoms with Crippen LogP contribution in [0.4, 0.5) is 0 Å². The van der Waals surface area contributed by atoms with Gasteiger partial charge in [-0.25, -0.2) is 0 Å². The number of nitrogens with one attached hydrogen (secondary N) is 1. The van der Waals surface area contributed by atoms with Crippen molar-refractivity contribution in [3.8, 4) is 5.69 Å². The molecule has 0 spiro atoms. The molecule has 0 aliphatic carbocycles. The van der Waals surface area contributed by atoms with Crippen molar-refractivity contribution in [2.24, 2.45) is 0 Å². The zero-order valence-corrected chi connectivity index (χ0v) is 18.7. The Morgan fingerprint density at radius 2 is 1.93 bits per heavy atom. The van der Waals surface area contributed by atoms with Crippen molar-refractivity contribution in [3.05, 3.63) is 81.8 Å². The molecule has 0 amide bonds. The third kappa shape index (κ3) is 3.70. The molecule has 1 aliphatic rings. The first-order valence-corrected chi connectivity index (χ1v) is 10.7. The van der Waals surface area contributed by atoms with E-state index in [0.717, 1.165) is 27.2 Å². The second-order valence-corrected chi connectivity index (χ2v) is 8.48. The number of aliphatic hydroxyl groups is 1. The lowest BCUT2D eigenvalue weighted by Crippen LogP contribution is -2.32. The first-order chi connectivity index (χ1) is 14.0. The molecule has 3 heterocycles. The van der Waals surface area contributed by atoms with E-state index in [9.17, 15) is 5.11 Å². The van der Waals surface area contributed by atoms with Gasteiger partial charge in [-0.1, -0.05) is 22.0 Å². The summed E-state index contributed by atoms with van der Waals surface area (Å²) in [5.41, 5.74) is 5.55. The van der Waals surface area contributed by atoms with Gasteiger partial charge >= 0.3 is 0 Å². The summed E-state index contributed by atoms with van der Waals surface area (Å²) in [4.78, 5) is 6.64. The third-order valence-corrected chi connectivity index (χ3v) is 6.29. The topological polar surface area (TPSA) is 53.3 Å². The van der Waals surface area contributed by atoms with E-state index in [4.69, 9.17) is 12.2 Å². The van der Waals surface area contributed by atoms with Crippen molar-refractivity contribution in [1.82, 2.24) is 19.8 Å². The number of β-amino-alcohol motifs (C(OH)–C–C–N with tert-alkyl or cyclic N) is 1. The summed E-state index contributed by atoms with van der Waals surface area (Å²) in [6, 6.07) is 16.3. The molecule has 7 heteroatoms. The van der Waals surface area contributed by atoms with E-state index < -0.39 is 0 Å². The van der Waals surface area contributed by atoms with Crippen molar-refractivity contribution in [2.75, 3.05) is 13.2 Å². The number of benzene rings is 1. The van der Waals surface area contributed by atoms with Gasteiger partial charge in [-0.2, -0.15) is 0 Å². The zero-order valence-electron chi connectivity index (χ0n) is 16.3. The van der Waals surface area contributed by atoms with Crippen molar-refractivity contribution in [3.63, 3.8) is 0 Å². The number of aliphatic hydroxyl groups excluding tert-OH is 1. The summed E-state index contributed by atoms with van der Waals surface area (Å²) in [6.07, 6.45) is 1.80. The van der Waals surface area contributed by atoms with Gasteiger partial charge in [0.25, 0.3) is 0 Å². The van der Waals surface area contributed by atoms with Gasteiger partial charge in [0, 0.05) is 34.3 Å². The van der Waals surface area contributed by atoms with Crippen LogP contribution >= 0.6 is 28.1 Å². The van der Waals surface area contributed by atoms with Gasteiger partial charge in [-0.05, 0) is 74.1 Å². The molecule has 2 aromatic heterocycles. The zero-order chi connectivity index (χ0) is 20.5. The van der Waals surface area contributed by atoms with E-state index >= 15 is 0 Å². The predicted molar refractivity (Wildman–Crippen MR) is 122 cm³/mol. The van der Waals surface area contributed by atoms with Crippen LogP contribution in [0.15, 0.2) is 59.2 Å². The SMILES string of the molecule is Cc1cc([C@@H]2[C@H](c3ccccn3)NC(=S)N2CCO)c(C)n1-c1ccc(Br)cc1. The van der Waals surface area contributed by atoms with E-state index in [0.29, 0.717) is 11.7 Å². The molecule has 2 N–H and O–H groups in total. The van der Waals surface area contributed by atoms with Crippen LogP contribution in [-0.4, -0.2) is 37.8 Å². The second kappa shape index (κ2) is 8.26. The Hall–Kier alpha value is -2.22. The van der Waals surface area contributed by atoms with Crippen molar-refractivity contribution in [2.45, 2.75) is 25.9 Å². The minimum Gasteiger partial charge on any atom is -0.395 e. The molecule has 1 fully saturated rings. The van der Waals surface area contributed by atoms with Gasteiger partial charge in [0.05, 0.1) is 24.4 Å². The van der Waals surface area contributed by atoms with Crippen LogP contribution < -0.4 is 5.32 Å². The van der Waals surface area contributed by atoms with Crippen molar-refractivity contribution < 1.29 is 5.11 Å². The molecule has 0 radical (unpaired) electrons. The van der Waals surface area contributed by atoms with Crippen LogP contribution in [0.25, 0.3) is 5.69 Å². The number of hydrogen-bond donors (Lipinski definition) is 2. The number of aryl methyl sites for hydroxylation is 1. The van der Waals surface area contributed by atoms with Crippen LogP contribution in [0, 0.1) is 13.8 Å². The molecule has 0 unspecified atom stereocenters. The highest BCUT2D eigenvalue weighted by atomic mass is 79.9. The Morgan fingerprint density at radius 1 is 1.17 bits per heavy atom. The van der Waals surface area contributed by atoms with Gasteiger partial charge in [-0.3, -0.25) is 4.98 Å². The summed E-state index contributed by atoms with van der Waals surface area (Å²) in [7, 11) is 0. The Kier molecular flexibility index (Phi) is 5.72. The summed E-state index contributed by atoms with van der Waals surface area (Å²) >= 11 is 9.13. The monoisotopic (exact) mass is 470 g/mol. The summed E-state index contributed by atoms with van der Waals surface area (Å²) in [6.45, 7) is 4.77. The Balaban J connectivity index is 1.82. The number of thiocarbonyl (C=S) groups is 1. The molecule has 3 aromatic rings. The Bertz CT molecular complexity index is 1020. The quantitative estimate of drug-likeness (QED) is 0.546. The van der Waals surface area contributed by atoms with Crippen LogP contribution in [0.2, 0.25) is 0 Å². The largest absolute Gasteiger partial charge is 0.395 e. The van der Waals surface area contributed by atoms with Crippen LogP contribution in [0.1, 0.15) is 34.7 Å². The average Bonchev–Trinajstić information content (AvgIpc) is 3.20. The number of aromatic nitrogens is 2. The van der Waals surface area contributed by atoms with Crippen molar-refractivity contribution >= 4 is 33.3 Å². The highest BCUT2D eigenvalue weighted by Crippen LogP contribution is 2.41. The Morgan fingerprint density at radius 3 is 2.59 bits per heavy atom. The molecule has 1 aromatic carbocycles. The van der Waals surface area contributed by atoms with E-state index in [1.54, 1.807) is 6.20 Å². The smallest absolute Gasteiger partial charge is 0.170 e. The molecule has 2 atom stereocenters. The summed E-state index contributed by atoms with van der Waals surface area (Å²) in [5, 5.41) is 13.7. The lowest BCUT2D eigenvalue weighted by Gasteiger charge is -2.27. The second-order valence-electron chi connectivity index (χ2n) is 7.18. The predicted octanol–water partition coefficient (Wildman–Crippen LogP) is 4.22. The Labute approximate surface area is 184 Å². The van der Waals surface area contributed by atoms with Gasteiger partial charge in [-0.15, -0.1) is 0 Å². The van der Waals surface area contributed by atoms with Crippen LogP contribution in [0.5, 0.6) is 0 Å². The maximum Gasteiger partial charge on any atom is 0.170 e. The van der Waals surface area contributed by atoms with Crippen LogP contribution in [-0.2, 0) is 0 Å². The standard InChI is InChI=1S/C22H23BrN4OS/c1-14-13-18(15(2)27(14)17-8-6-16(23)7-9-17)21-20(19-5-3-4-10-24-19)25-22(29)26(21)11-12-28/h3-10,13,20-21,28H,11-12H2,1-2H3,(H,25,29)/t20-,21+/m0/s1. The fourth-order valence-corrected chi connectivity index (χ4v) is 4.76. The molecular weight excluding hydrogens is 448 g/mol. The highest BCUT2D eigenvalue weighted by Gasteiger charge is 2.41. The molecule has 0 bridgehead atoms. The molecule has 0 saturated carbocycles. The molecule has 1 aliphatic heterocycles. The normalized spacial score (nSPS) is 18.9. The summed E-state index contributed by atoms with van der Waals surface area (Å²) < 4.78 is 3.31. The maximum atomic E-state index is 9.64. The molecule has 29 heavy (non-hydrogen) atoms. The number of hydrogen-bond acceptors (Lipinski definition) is 3. The minimum absolute atomic E-state index is 0.0404. The fourth-order valence-electron chi connectivity index (χ4n) is 4.17. The van der Waals surface area contributed by atoms with Gasteiger partial charge in [0.2, 0.25) is 0 Å². The first kappa shape index (κ1) is 20.1. The van der Waals surface area contributed by atoms with Crippen LogP contribution in [0.3, 0.4) is 0 Å². The number of halogens is 1. The van der Waals surface area contributed by atoms with E-state index in [1.807, 2.05) is 18.2 Å². The molecular formula is C22H23BrN4OS. The van der Waals surface area contributed by atoms with Gasteiger partial charge in [0.1, 0.15) is 0 Å². The number of pyridine rings is 1. The maximum absolute atomic E-state index is 9.64. The number of rotatable bonds is 5. The summed E-state index contributed by atoms with van der Waals surface area (Å²) in [5.74, 6) is 0. The highest BCUT2D eigenvalue weighted by molar-refractivity contribution is 9.10. The third-order valence-electron chi connectivity index (χ3n) is 5.41. The minimum atomic E-state index is -0.0749. The lowest BCUT2D eigenvalue weighted by molar-refractivity contribution is 0.223.